The Balaban J connectivity index is 1.60. The quantitative estimate of drug-likeness (QED) is 0.707. The van der Waals surface area contributed by atoms with E-state index in [0.717, 1.165) is 17.7 Å². The van der Waals surface area contributed by atoms with Gasteiger partial charge in [0.05, 0.1) is 0 Å². The summed E-state index contributed by atoms with van der Waals surface area (Å²) in [7, 11) is 0. The molecule has 1 amide bonds. The van der Waals surface area contributed by atoms with Crippen LogP contribution in [0.5, 0.6) is 0 Å². The molecular formula is C19H18ClN5O. The summed E-state index contributed by atoms with van der Waals surface area (Å²) >= 11 is 5.92. The predicted octanol–water partition coefficient (Wildman–Crippen LogP) is 3.53. The fourth-order valence-corrected chi connectivity index (χ4v) is 3.38. The van der Waals surface area contributed by atoms with Gasteiger partial charge in [-0.05, 0) is 54.0 Å². The smallest absolute Gasteiger partial charge is 0.253 e. The molecule has 1 aliphatic heterocycles. The van der Waals surface area contributed by atoms with Crippen LogP contribution in [-0.4, -0.2) is 32.7 Å². The number of fused-ring (bicyclic) bond motifs is 1. The molecule has 0 aliphatic carbocycles. The first-order valence-corrected chi connectivity index (χ1v) is 9.00. The molecule has 3 aromatic rings. The molecule has 0 fully saturated rings. The zero-order chi connectivity index (χ0) is 18.1. The van der Waals surface area contributed by atoms with Crippen molar-refractivity contribution in [2.75, 3.05) is 11.4 Å². The van der Waals surface area contributed by atoms with Crippen molar-refractivity contribution in [3.8, 4) is 11.4 Å². The van der Waals surface area contributed by atoms with Crippen LogP contribution in [0.1, 0.15) is 24.9 Å². The maximum absolute atomic E-state index is 13.1. The number of anilines is 1. The number of tetrazole rings is 1. The Kier molecular flexibility index (Phi) is 4.42. The number of carbonyl (C=O) groups excluding carboxylic acids is 1. The highest BCUT2D eigenvalue weighted by Gasteiger charge is 2.31. The van der Waals surface area contributed by atoms with Crippen molar-refractivity contribution in [1.29, 1.82) is 0 Å². The van der Waals surface area contributed by atoms with Gasteiger partial charge in [0.1, 0.15) is 0 Å². The summed E-state index contributed by atoms with van der Waals surface area (Å²) in [6, 6.07) is 14.8. The Morgan fingerprint density at radius 1 is 1.19 bits per heavy atom. The van der Waals surface area contributed by atoms with Crippen molar-refractivity contribution >= 4 is 23.2 Å². The monoisotopic (exact) mass is 367 g/mol. The summed E-state index contributed by atoms with van der Waals surface area (Å²) in [4.78, 5) is 16.4. The topological polar surface area (TPSA) is 63.9 Å². The van der Waals surface area contributed by atoms with E-state index in [4.69, 9.17) is 11.6 Å². The fraction of sp³-hybridized carbons (Fsp3) is 0.263. The lowest BCUT2D eigenvalue weighted by molar-refractivity contribution is -0.122. The van der Waals surface area contributed by atoms with Crippen molar-refractivity contribution in [3.05, 3.63) is 59.1 Å². The van der Waals surface area contributed by atoms with E-state index in [2.05, 4.69) is 21.5 Å². The number of aromatic nitrogens is 4. The Bertz CT molecular complexity index is 937. The van der Waals surface area contributed by atoms with Crippen LogP contribution in [0, 0.1) is 0 Å². The van der Waals surface area contributed by atoms with Crippen LogP contribution in [-0.2, 0) is 11.2 Å². The van der Waals surface area contributed by atoms with Crippen molar-refractivity contribution in [2.24, 2.45) is 0 Å². The Hall–Kier alpha value is -2.73. The minimum absolute atomic E-state index is 0.00231. The number of rotatable bonds is 4. The standard InChI is InChI=1S/C19H18ClN5O/c1-2-16(19(26)24-12-11-13-5-3-4-6-17(13)24)25-22-18(21-23-25)14-7-9-15(20)10-8-14/h3-10,16H,2,11-12H2,1H3/t16-/m1/s1. The highest BCUT2D eigenvalue weighted by atomic mass is 35.5. The normalized spacial score (nSPS) is 14.3. The summed E-state index contributed by atoms with van der Waals surface area (Å²) < 4.78 is 0. The predicted molar refractivity (Wildman–Crippen MR) is 100 cm³/mol. The molecule has 0 spiro atoms. The minimum Gasteiger partial charge on any atom is -0.310 e. The van der Waals surface area contributed by atoms with E-state index in [9.17, 15) is 4.79 Å². The number of carbonyl (C=O) groups is 1. The van der Waals surface area contributed by atoms with Gasteiger partial charge in [0.2, 0.25) is 5.82 Å². The van der Waals surface area contributed by atoms with Crippen molar-refractivity contribution in [2.45, 2.75) is 25.8 Å². The molecule has 1 aliphatic rings. The van der Waals surface area contributed by atoms with Crippen molar-refractivity contribution in [3.63, 3.8) is 0 Å². The number of benzene rings is 2. The molecule has 7 heteroatoms. The first-order valence-electron chi connectivity index (χ1n) is 8.62. The zero-order valence-electron chi connectivity index (χ0n) is 14.3. The number of amides is 1. The molecule has 0 unspecified atom stereocenters. The third-order valence-electron chi connectivity index (χ3n) is 4.63. The lowest BCUT2D eigenvalue weighted by atomic mass is 10.1. The van der Waals surface area contributed by atoms with Gasteiger partial charge in [-0.1, -0.05) is 36.7 Å². The second-order valence-corrected chi connectivity index (χ2v) is 6.67. The highest BCUT2D eigenvalue weighted by molar-refractivity contribution is 6.30. The molecule has 4 rings (SSSR count). The molecule has 2 aromatic carbocycles. The van der Waals surface area contributed by atoms with Gasteiger partial charge >= 0.3 is 0 Å². The molecule has 0 bridgehead atoms. The SMILES string of the molecule is CC[C@H](C(=O)N1CCc2ccccc21)n1nnc(-c2ccc(Cl)cc2)n1. The molecule has 132 valence electrons. The van der Waals surface area contributed by atoms with Crippen molar-refractivity contribution in [1.82, 2.24) is 20.2 Å². The van der Waals surface area contributed by atoms with E-state index in [1.165, 1.54) is 10.4 Å². The first kappa shape index (κ1) is 16.7. The van der Waals surface area contributed by atoms with Crippen LogP contribution in [0.2, 0.25) is 5.02 Å². The summed E-state index contributed by atoms with van der Waals surface area (Å²) in [6.07, 6.45) is 1.47. The van der Waals surface area contributed by atoms with Gasteiger partial charge in [0, 0.05) is 22.8 Å². The molecule has 0 saturated carbocycles. The van der Waals surface area contributed by atoms with E-state index in [1.54, 1.807) is 12.1 Å². The van der Waals surface area contributed by atoms with Crippen LogP contribution in [0.4, 0.5) is 5.69 Å². The molecule has 6 nitrogen and oxygen atoms in total. The van der Waals surface area contributed by atoms with E-state index in [-0.39, 0.29) is 5.91 Å². The van der Waals surface area contributed by atoms with Crippen LogP contribution in [0.15, 0.2) is 48.5 Å². The Morgan fingerprint density at radius 2 is 1.96 bits per heavy atom. The lowest BCUT2D eigenvalue weighted by Gasteiger charge is -2.22. The number of para-hydroxylation sites is 1. The van der Waals surface area contributed by atoms with Crippen LogP contribution in [0.25, 0.3) is 11.4 Å². The molecule has 26 heavy (non-hydrogen) atoms. The maximum Gasteiger partial charge on any atom is 0.253 e. The summed E-state index contributed by atoms with van der Waals surface area (Å²) in [5.41, 5.74) is 2.99. The third-order valence-corrected chi connectivity index (χ3v) is 4.89. The second kappa shape index (κ2) is 6.88. The largest absolute Gasteiger partial charge is 0.310 e. The van der Waals surface area contributed by atoms with E-state index >= 15 is 0 Å². The van der Waals surface area contributed by atoms with Crippen LogP contribution < -0.4 is 4.90 Å². The summed E-state index contributed by atoms with van der Waals surface area (Å²) in [5.74, 6) is 0.479. The molecule has 0 saturated heterocycles. The zero-order valence-corrected chi connectivity index (χ0v) is 15.1. The minimum atomic E-state index is -0.477. The Labute approximate surface area is 156 Å². The van der Waals surface area contributed by atoms with Gasteiger partial charge < -0.3 is 4.90 Å². The van der Waals surface area contributed by atoms with Gasteiger partial charge in [-0.2, -0.15) is 4.80 Å². The van der Waals surface area contributed by atoms with Crippen LogP contribution in [0.3, 0.4) is 0 Å². The van der Waals surface area contributed by atoms with E-state index < -0.39 is 6.04 Å². The highest BCUT2D eigenvalue weighted by Crippen LogP contribution is 2.30. The summed E-state index contributed by atoms with van der Waals surface area (Å²) in [5, 5.41) is 13.3. The molecule has 2 heterocycles. The Morgan fingerprint density at radius 3 is 2.73 bits per heavy atom. The van der Waals surface area contributed by atoms with Gasteiger partial charge in [-0.25, -0.2) is 0 Å². The average molecular weight is 368 g/mol. The number of hydrogen-bond acceptors (Lipinski definition) is 4. The molecular weight excluding hydrogens is 350 g/mol. The fourth-order valence-electron chi connectivity index (χ4n) is 3.26. The van der Waals surface area contributed by atoms with Crippen LogP contribution >= 0.6 is 11.6 Å². The van der Waals surface area contributed by atoms with Gasteiger partial charge in [0.25, 0.3) is 5.91 Å². The van der Waals surface area contributed by atoms with Gasteiger partial charge in [-0.3, -0.25) is 4.79 Å². The van der Waals surface area contributed by atoms with E-state index in [1.807, 2.05) is 42.2 Å². The molecule has 0 radical (unpaired) electrons. The third kappa shape index (κ3) is 2.97. The molecule has 1 atom stereocenters. The maximum atomic E-state index is 13.1. The summed E-state index contributed by atoms with van der Waals surface area (Å²) in [6.45, 7) is 2.64. The molecule has 1 aromatic heterocycles. The second-order valence-electron chi connectivity index (χ2n) is 6.23. The first-order chi connectivity index (χ1) is 12.7. The number of hydrogen-bond donors (Lipinski definition) is 0. The molecule has 0 N–H and O–H groups in total. The number of halogens is 1. The number of nitrogens with zero attached hydrogens (tertiary/aromatic N) is 5. The van der Waals surface area contributed by atoms with Gasteiger partial charge in [-0.15, -0.1) is 10.2 Å². The van der Waals surface area contributed by atoms with E-state index in [0.29, 0.717) is 23.8 Å². The lowest BCUT2D eigenvalue weighted by Crippen LogP contribution is -2.37. The van der Waals surface area contributed by atoms with Gasteiger partial charge in [0.15, 0.2) is 6.04 Å². The average Bonchev–Trinajstić information content (AvgIpc) is 3.30. The van der Waals surface area contributed by atoms with Crippen molar-refractivity contribution < 1.29 is 4.79 Å².